The minimum atomic E-state index is 0. The van der Waals surface area contributed by atoms with Gasteiger partial charge >= 0.3 is 0 Å². The molecular formula is C21H16BN3Y-. The summed E-state index contributed by atoms with van der Waals surface area (Å²) in [6.45, 7) is 2.08. The van der Waals surface area contributed by atoms with Gasteiger partial charge in [0.05, 0.1) is 6.20 Å². The molecule has 0 aliphatic heterocycles. The second kappa shape index (κ2) is 8.66. The fourth-order valence-electron chi connectivity index (χ4n) is 2.86. The van der Waals surface area contributed by atoms with E-state index in [9.17, 15) is 0 Å². The van der Waals surface area contributed by atoms with Gasteiger partial charge in [-0.15, -0.1) is 33.2 Å². The monoisotopic (exact) mass is 410 g/mol. The van der Waals surface area contributed by atoms with Crippen molar-refractivity contribution in [3.63, 3.8) is 0 Å². The maximum absolute atomic E-state index is 4.22. The Morgan fingerprint density at radius 3 is 2.54 bits per heavy atom. The molecule has 0 saturated carbocycles. The molecule has 4 aromatic rings. The van der Waals surface area contributed by atoms with Crippen LogP contribution in [0.25, 0.3) is 33.2 Å². The Bertz CT molecular complexity index is 1050. The zero-order valence-corrected chi connectivity index (χ0v) is 17.6. The normalized spacial score (nSPS) is 10.1. The van der Waals surface area contributed by atoms with E-state index in [-0.39, 0.29) is 41.1 Å². The summed E-state index contributed by atoms with van der Waals surface area (Å²) in [4.78, 5) is 4.15. The molecule has 0 aliphatic rings. The number of rotatable bonds is 2. The third-order valence-electron chi connectivity index (χ3n) is 4.22. The summed E-state index contributed by atoms with van der Waals surface area (Å²) in [5.41, 5.74) is 5.15. The van der Waals surface area contributed by atoms with Gasteiger partial charge in [0.25, 0.3) is 0 Å². The zero-order valence-electron chi connectivity index (χ0n) is 14.8. The molecule has 4 radical (unpaired) electrons. The summed E-state index contributed by atoms with van der Waals surface area (Å²) < 4.78 is 1.82. The average molecular weight is 410 g/mol. The molecule has 0 aliphatic carbocycles. The van der Waals surface area contributed by atoms with Gasteiger partial charge in [-0.2, -0.15) is 29.8 Å². The fraction of sp³-hybridized carbons (Fsp3) is 0.0952. The molecule has 0 fully saturated rings. The maximum Gasteiger partial charge on any atom is 0.193 e. The van der Waals surface area contributed by atoms with Gasteiger partial charge in [-0.25, -0.2) is 10.5 Å². The molecular weight excluding hydrogens is 394 g/mol. The first-order valence-corrected chi connectivity index (χ1v) is 7.83. The molecule has 3 nitrogen and oxygen atoms in total. The first-order chi connectivity index (χ1) is 11.7. The number of aromatic nitrogens is 3. The maximum atomic E-state index is 4.22. The number of hydrogen-bond donors (Lipinski definition) is 0. The summed E-state index contributed by atoms with van der Waals surface area (Å²) in [7, 11) is 1.92. The Hall–Kier alpha value is -1.90. The molecule has 0 spiro atoms. The Morgan fingerprint density at radius 1 is 1.00 bits per heavy atom. The van der Waals surface area contributed by atoms with Crippen LogP contribution in [0.4, 0.5) is 0 Å². The molecule has 3 aromatic carbocycles. The largest absolute Gasteiger partial charge is 0.240 e. The molecule has 1 aromatic heterocycles. The van der Waals surface area contributed by atoms with Gasteiger partial charge in [0.2, 0.25) is 0 Å². The van der Waals surface area contributed by atoms with Crippen molar-refractivity contribution in [2.45, 2.75) is 6.92 Å². The van der Waals surface area contributed by atoms with Crippen molar-refractivity contribution in [2.75, 3.05) is 0 Å². The first kappa shape index (κ1) is 20.4. The summed E-state index contributed by atoms with van der Waals surface area (Å²) in [6.07, 6.45) is 3.36. The minimum Gasteiger partial charge on any atom is -0.240 e. The van der Waals surface area contributed by atoms with Crippen molar-refractivity contribution < 1.29 is 37.4 Å². The Labute approximate surface area is 181 Å². The number of nitrogens with zero attached hydrogens (tertiary/aromatic N) is 3. The predicted molar refractivity (Wildman–Crippen MR) is 99.7 cm³/mol. The van der Waals surface area contributed by atoms with Crippen LogP contribution in [0.5, 0.6) is 0 Å². The van der Waals surface area contributed by atoms with Gasteiger partial charge in [-0.3, -0.25) is 0 Å². The van der Waals surface area contributed by atoms with Crippen LogP contribution in [0.15, 0.2) is 61.1 Å². The van der Waals surface area contributed by atoms with Crippen molar-refractivity contribution in [3.8, 4) is 22.4 Å². The summed E-state index contributed by atoms with van der Waals surface area (Å²) in [6, 6.07) is 23.6. The van der Waals surface area contributed by atoms with Crippen LogP contribution in [-0.4, -0.2) is 18.5 Å². The van der Waals surface area contributed by atoms with Crippen molar-refractivity contribution in [2.24, 2.45) is 7.05 Å². The van der Waals surface area contributed by atoms with E-state index in [1.807, 2.05) is 30.1 Å². The van der Waals surface area contributed by atoms with Gasteiger partial charge in [0.15, 0.2) is 19.1 Å². The number of hydrogen-bond acceptors (Lipinski definition) is 2. The second-order valence-electron chi connectivity index (χ2n) is 5.82. The van der Waals surface area contributed by atoms with E-state index in [1.165, 1.54) is 10.8 Å². The molecule has 0 bridgehead atoms. The van der Waals surface area contributed by atoms with Crippen LogP contribution >= 0.6 is 0 Å². The number of aryl methyl sites for hydroxylation is 2. The van der Waals surface area contributed by atoms with Gasteiger partial charge in [-0.1, -0.05) is 36.8 Å². The van der Waals surface area contributed by atoms with E-state index in [2.05, 4.69) is 65.5 Å². The fourth-order valence-corrected chi connectivity index (χ4v) is 2.86. The topological polar surface area (TPSA) is 29.7 Å². The van der Waals surface area contributed by atoms with E-state index >= 15 is 0 Å². The Morgan fingerprint density at radius 2 is 1.77 bits per heavy atom. The van der Waals surface area contributed by atoms with E-state index in [0.29, 0.717) is 0 Å². The average Bonchev–Trinajstić information content (AvgIpc) is 2.62. The van der Waals surface area contributed by atoms with E-state index in [0.717, 1.165) is 27.9 Å². The zero-order chi connectivity index (χ0) is 16.5. The number of fused-ring (bicyclic) bond motifs is 1. The molecule has 0 saturated heterocycles. The van der Waals surface area contributed by atoms with E-state index in [4.69, 9.17) is 0 Å². The minimum absolute atomic E-state index is 0. The van der Waals surface area contributed by atoms with Crippen LogP contribution in [0.3, 0.4) is 0 Å². The molecule has 1 heterocycles. The molecule has 0 N–H and O–H groups in total. The quantitative estimate of drug-likeness (QED) is 0.289. The third kappa shape index (κ3) is 3.92. The third-order valence-corrected chi connectivity index (χ3v) is 4.22. The van der Waals surface area contributed by atoms with Gasteiger partial charge < -0.3 is 0 Å². The van der Waals surface area contributed by atoms with E-state index < -0.39 is 0 Å². The molecule has 0 atom stereocenters. The van der Waals surface area contributed by atoms with Crippen LogP contribution in [0, 0.1) is 19.1 Å². The first-order valence-electron chi connectivity index (χ1n) is 7.83. The Kier molecular flexibility index (Phi) is 6.80. The summed E-state index contributed by atoms with van der Waals surface area (Å²) in [5, 5.41) is 6.61. The second-order valence-corrected chi connectivity index (χ2v) is 5.82. The SMILES string of the molecule is Cc1ccc(-c2[c-]cc3ccccc3c2)[c-]c1-c1cncn[n+]1C.[B].[Y]. The van der Waals surface area contributed by atoms with Gasteiger partial charge in [0.1, 0.15) is 0 Å². The summed E-state index contributed by atoms with van der Waals surface area (Å²) in [5.74, 6) is 0. The smallest absolute Gasteiger partial charge is 0.193 e. The molecule has 4 rings (SSSR count). The van der Waals surface area contributed by atoms with Crippen LogP contribution < -0.4 is 4.68 Å². The molecule has 5 heteroatoms. The van der Waals surface area contributed by atoms with Crippen LogP contribution in [0.2, 0.25) is 0 Å². The molecule has 26 heavy (non-hydrogen) atoms. The van der Waals surface area contributed by atoms with Crippen LogP contribution in [-0.2, 0) is 39.8 Å². The standard InChI is InChI=1S/C21H16N3.B.Y/c1-15-7-8-19(12-20(15)21-13-22-14-23-24(21)2)18-10-9-16-5-3-4-6-17(16)11-18;;/h3-9,11,13-14H,1-2H3;;/q-1;;. The van der Waals surface area contributed by atoms with Gasteiger partial charge in [-0.05, 0) is 0 Å². The predicted octanol–water partition coefficient (Wildman–Crippen LogP) is 3.31. The number of benzene rings is 3. The molecule has 122 valence electrons. The Balaban J connectivity index is 0.00000121. The van der Waals surface area contributed by atoms with E-state index in [1.54, 1.807) is 6.33 Å². The van der Waals surface area contributed by atoms with Crippen molar-refractivity contribution in [3.05, 3.63) is 78.8 Å². The van der Waals surface area contributed by atoms with Gasteiger partial charge in [0, 0.05) is 46.2 Å². The van der Waals surface area contributed by atoms with Crippen molar-refractivity contribution >= 4 is 19.2 Å². The molecule has 0 unspecified atom stereocenters. The van der Waals surface area contributed by atoms with Crippen LogP contribution in [0.1, 0.15) is 5.56 Å². The van der Waals surface area contributed by atoms with Crippen molar-refractivity contribution in [1.82, 2.24) is 10.1 Å². The summed E-state index contributed by atoms with van der Waals surface area (Å²) >= 11 is 0. The van der Waals surface area contributed by atoms with Crippen molar-refractivity contribution in [1.29, 1.82) is 0 Å². The molecule has 0 amide bonds.